The van der Waals surface area contributed by atoms with Crippen LogP contribution in [0.25, 0.3) is 11.3 Å². The van der Waals surface area contributed by atoms with Crippen molar-refractivity contribution in [3.05, 3.63) is 41.9 Å². The zero-order chi connectivity index (χ0) is 21.5. The molecule has 158 valence electrons. The Kier molecular flexibility index (Phi) is 6.95. The highest BCUT2D eigenvalue weighted by molar-refractivity contribution is 5.91. The van der Waals surface area contributed by atoms with Crippen molar-refractivity contribution < 1.29 is 9.15 Å². The van der Waals surface area contributed by atoms with E-state index in [4.69, 9.17) is 19.5 Å². The van der Waals surface area contributed by atoms with Gasteiger partial charge in [-0.05, 0) is 38.5 Å². The molecule has 3 heterocycles. The van der Waals surface area contributed by atoms with Gasteiger partial charge in [0.2, 0.25) is 17.7 Å². The van der Waals surface area contributed by atoms with Crippen molar-refractivity contribution in [1.29, 1.82) is 5.41 Å². The van der Waals surface area contributed by atoms with Gasteiger partial charge in [-0.15, -0.1) is 10.2 Å². The molecule has 0 bridgehead atoms. The molecule has 0 saturated heterocycles. The van der Waals surface area contributed by atoms with Crippen LogP contribution < -0.4 is 15.4 Å². The highest BCUT2D eigenvalue weighted by atomic mass is 16.5. The monoisotopic (exact) mass is 409 g/mol. The van der Waals surface area contributed by atoms with Gasteiger partial charge in [0.15, 0.2) is 0 Å². The first-order chi connectivity index (χ1) is 14.5. The Hall–Kier alpha value is -3.49. The van der Waals surface area contributed by atoms with Crippen LogP contribution in [0.15, 0.2) is 28.8 Å². The van der Waals surface area contributed by atoms with Crippen molar-refractivity contribution in [2.45, 2.75) is 46.7 Å². The number of nitrogens with zero attached hydrogens (tertiary/aromatic N) is 4. The van der Waals surface area contributed by atoms with Crippen LogP contribution in [-0.2, 0) is 6.54 Å². The average molecular weight is 409 g/mol. The number of aryl methyl sites for hydroxylation is 1. The lowest BCUT2D eigenvalue weighted by Crippen LogP contribution is -2.17. The van der Waals surface area contributed by atoms with Gasteiger partial charge in [-0.2, -0.15) is 0 Å². The van der Waals surface area contributed by atoms with Crippen LogP contribution in [-0.4, -0.2) is 39.0 Å². The van der Waals surface area contributed by atoms with Crippen LogP contribution in [0.3, 0.4) is 0 Å². The third-order valence-electron chi connectivity index (χ3n) is 4.51. The molecule has 3 aromatic heterocycles. The zero-order valence-electron chi connectivity index (χ0n) is 17.7. The van der Waals surface area contributed by atoms with E-state index in [2.05, 4.69) is 39.7 Å². The van der Waals surface area contributed by atoms with Gasteiger partial charge in [0.1, 0.15) is 5.69 Å². The lowest BCUT2D eigenvalue weighted by molar-refractivity contribution is 0.328. The largest absolute Gasteiger partial charge is 0.477 e. The second-order valence-corrected chi connectivity index (χ2v) is 6.77. The van der Waals surface area contributed by atoms with E-state index < -0.39 is 0 Å². The standard InChI is InChI=1S/C21H27N7O2/c1-5-13(3)25-20-17(24-12-19-28-27-14(4)30-19)10-16(26-18(20)11-22)15-8-7-9-23-21(15)29-6-2/h7-11,13,22,25H,5-6,12H2,1-4H3,(H,24,26). The Labute approximate surface area is 175 Å². The first kappa shape index (κ1) is 21.2. The van der Waals surface area contributed by atoms with E-state index in [9.17, 15) is 0 Å². The summed E-state index contributed by atoms with van der Waals surface area (Å²) in [5.41, 5.74) is 3.46. The van der Waals surface area contributed by atoms with Crippen LogP contribution >= 0.6 is 0 Å². The first-order valence-electron chi connectivity index (χ1n) is 9.98. The summed E-state index contributed by atoms with van der Waals surface area (Å²) in [4.78, 5) is 9.02. The van der Waals surface area contributed by atoms with Crippen molar-refractivity contribution in [3.63, 3.8) is 0 Å². The summed E-state index contributed by atoms with van der Waals surface area (Å²) in [5.74, 6) is 1.50. The summed E-state index contributed by atoms with van der Waals surface area (Å²) >= 11 is 0. The quantitative estimate of drug-likeness (QED) is 0.429. The Morgan fingerprint density at radius 2 is 2.13 bits per heavy atom. The van der Waals surface area contributed by atoms with Crippen LogP contribution in [0.5, 0.6) is 5.88 Å². The number of nitrogens with one attached hydrogen (secondary N) is 3. The number of rotatable bonds is 10. The van der Waals surface area contributed by atoms with E-state index in [-0.39, 0.29) is 6.04 Å². The minimum absolute atomic E-state index is 0.208. The van der Waals surface area contributed by atoms with Crippen LogP contribution in [0, 0.1) is 12.3 Å². The van der Waals surface area contributed by atoms with Gasteiger partial charge in [-0.25, -0.2) is 9.97 Å². The number of hydrogen-bond acceptors (Lipinski definition) is 9. The normalized spacial score (nSPS) is 11.7. The topological polar surface area (TPSA) is 122 Å². The van der Waals surface area contributed by atoms with E-state index in [1.54, 1.807) is 13.1 Å². The smallest absolute Gasteiger partial charge is 0.235 e. The van der Waals surface area contributed by atoms with Crippen LogP contribution in [0.2, 0.25) is 0 Å². The van der Waals surface area contributed by atoms with Gasteiger partial charge >= 0.3 is 0 Å². The Balaban J connectivity index is 2.05. The molecule has 1 atom stereocenters. The molecule has 0 aromatic carbocycles. The third-order valence-corrected chi connectivity index (χ3v) is 4.51. The van der Waals surface area contributed by atoms with E-state index in [1.807, 2.05) is 25.1 Å². The van der Waals surface area contributed by atoms with E-state index in [1.165, 1.54) is 6.21 Å². The van der Waals surface area contributed by atoms with Crippen molar-refractivity contribution in [2.75, 3.05) is 17.2 Å². The molecule has 0 fully saturated rings. The Morgan fingerprint density at radius 3 is 2.80 bits per heavy atom. The molecule has 30 heavy (non-hydrogen) atoms. The van der Waals surface area contributed by atoms with Gasteiger partial charge in [-0.1, -0.05) is 6.92 Å². The molecular weight excluding hydrogens is 382 g/mol. The van der Waals surface area contributed by atoms with Crippen molar-refractivity contribution in [1.82, 2.24) is 20.2 Å². The fourth-order valence-corrected chi connectivity index (χ4v) is 2.86. The number of anilines is 2. The predicted octanol–water partition coefficient (Wildman–Crippen LogP) is 4.05. The molecule has 0 aliphatic carbocycles. The fraction of sp³-hybridized carbons (Fsp3) is 0.381. The molecule has 9 nitrogen and oxygen atoms in total. The van der Waals surface area contributed by atoms with Crippen LogP contribution in [0.4, 0.5) is 11.4 Å². The molecule has 0 spiro atoms. The molecule has 0 saturated carbocycles. The molecule has 3 rings (SSSR count). The third kappa shape index (κ3) is 4.91. The second-order valence-electron chi connectivity index (χ2n) is 6.77. The Morgan fingerprint density at radius 1 is 1.30 bits per heavy atom. The lowest BCUT2D eigenvalue weighted by Gasteiger charge is -2.20. The fourth-order valence-electron chi connectivity index (χ4n) is 2.86. The minimum atomic E-state index is 0.208. The van der Waals surface area contributed by atoms with Gasteiger partial charge < -0.3 is 25.2 Å². The Bertz CT molecular complexity index is 1000. The summed E-state index contributed by atoms with van der Waals surface area (Å²) in [5, 5.41) is 22.6. The van der Waals surface area contributed by atoms with E-state index in [0.29, 0.717) is 42.2 Å². The molecule has 3 N–H and O–H groups in total. The number of hydrogen-bond donors (Lipinski definition) is 3. The first-order valence-corrected chi connectivity index (χ1v) is 9.98. The van der Waals surface area contributed by atoms with Gasteiger partial charge in [-0.3, -0.25) is 0 Å². The minimum Gasteiger partial charge on any atom is -0.477 e. The molecular formula is C21H27N7O2. The predicted molar refractivity (Wildman–Crippen MR) is 116 cm³/mol. The molecule has 0 aliphatic rings. The maximum absolute atomic E-state index is 7.93. The second kappa shape index (κ2) is 9.82. The zero-order valence-corrected chi connectivity index (χ0v) is 17.7. The molecule has 1 unspecified atom stereocenters. The van der Waals surface area contributed by atoms with Crippen LogP contribution in [0.1, 0.15) is 44.7 Å². The summed E-state index contributed by atoms with van der Waals surface area (Å²) in [7, 11) is 0. The molecule has 0 amide bonds. The highest BCUT2D eigenvalue weighted by Crippen LogP contribution is 2.34. The molecule has 3 aromatic rings. The number of aromatic nitrogens is 4. The number of ether oxygens (including phenoxy) is 1. The number of pyridine rings is 2. The maximum Gasteiger partial charge on any atom is 0.235 e. The van der Waals surface area contributed by atoms with Crippen molar-refractivity contribution >= 4 is 17.6 Å². The van der Waals surface area contributed by atoms with Gasteiger partial charge in [0.05, 0.1) is 35.8 Å². The van der Waals surface area contributed by atoms with Crippen molar-refractivity contribution in [3.8, 4) is 17.1 Å². The maximum atomic E-state index is 7.93. The van der Waals surface area contributed by atoms with Gasteiger partial charge in [0.25, 0.3) is 0 Å². The molecule has 0 radical (unpaired) electrons. The summed E-state index contributed by atoms with van der Waals surface area (Å²) < 4.78 is 11.1. The summed E-state index contributed by atoms with van der Waals surface area (Å²) in [6, 6.07) is 5.87. The van der Waals surface area contributed by atoms with Gasteiger partial charge in [0, 0.05) is 25.4 Å². The SMILES string of the molecule is CCOc1ncccc1-c1cc(NCc2nnc(C)o2)c(NC(C)CC)c(C=N)n1. The van der Waals surface area contributed by atoms with Crippen molar-refractivity contribution in [2.24, 2.45) is 0 Å². The summed E-state index contributed by atoms with van der Waals surface area (Å²) in [6.45, 7) is 8.69. The lowest BCUT2D eigenvalue weighted by atomic mass is 10.1. The average Bonchev–Trinajstić information content (AvgIpc) is 3.18. The van der Waals surface area contributed by atoms with E-state index >= 15 is 0 Å². The molecule has 0 aliphatic heterocycles. The highest BCUT2D eigenvalue weighted by Gasteiger charge is 2.17. The molecule has 9 heteroatoms. The summed E-state index contributed by atoms with van der Waals surface area (Å²) in [6.07, 6.45) is 3.85. The van der Waals surface area contributed by atoms with E-state index in [0.717, 1.165) is 23.4 Å².